The minimum absolute atomic E-state index is 0.0153. The number of carbonyl (C=O) groups excluding carboxylic acids is 1. The summed E-state index contributed by atoms with van der Waals surface area (Å²) in [7, 11) is 0. The van der Waals surface area contributed by atoms with Gasteiger partial charge < -0.3 is 26.0 Å². The Kier molecular flexibility index (Phi) is 9.58. The Morgan fingerprint density at radius 1 is 1.06 bits per heavy atom. The normalized spacial score (nSPS) is 12.8. The van der Waals surface area contributed by atoms with Crippen LogP contribution in [-0.2, 0) is 30.7 Å². The summed E-state index contributed by atoms with van der Waals surface area (Å²) in [6, 6.07) is 18.6. The van der Waals surface area contributed by atoms with Crippen molar-refractivity contribution in [2.24, 2.45) is 0 Å². The number of hydrogen-bond donors (Lipinski definition) is 5. The maximum absolute atomic E-state index is 12.3. The van der Waals surface area contributed by atoms with Crippen molar-refractivity contribution >= 4 is 5.91 Å². The van der Waals surface area contributed by atoms with Gasteiger partial charge in [0.05, 0.1) is 19.1 Å². The number of phenols is 1. The zero-order chi connectivity index (χ0) is 24.3. The molecule has 0 aliphatic carbocycles. The van der Waals surface area contributed by atoms with Crippen molar-refractivity contribution in [2.45, 2.75) is 44.9 Å². The summed E-state index contributed by atoms with van der Waals surface area (Å²) in [6.45, 7) is 2.66. The zero-order valence-corrected chi connectivity index (χ0v) is 19.4. The van der Waals surface area contributed by atoms with E-state index < -0.39 is 6.10 Å². The van der Waals surface area contributed by atoms with Crippen molar-refractivity contribution in [3.05, 3.63) is 94.8 Å². The summed E-state index contributed by atoms with van der Waals surface area (Å²) in [5.74, 6) is 0.0000618. The lowest BCUT2D eigenvalue weighted by atomic mass is 10.0. The van der Waals surface area contributed by atoms with Gasteiger partial charge in [0.25, 0.3) is 0 Å². The standard InChI is InChI=1S/C27H33N3O4/c1-19(30-17-26(33)22-8-9-25(32)23(16-22)18-31)13-20-5-4-6-21(14-20)15-27(34)29-12-10-24-7-2-3-11-28-24/h2-9,11,14,16,19,26,30-33H,10,12-13,15,17-18H2,1H3,(H,29,34). The van der Waals surface area contributed by atoms with Crippen LogP contribution >= 0.6 is 0 Å². The van der Waals surface area contributed by atoms with Crippen LogP contribution in [0.2, 0.25) is 0 Å². The van der Waals surface area contributed by atoms with Crippen LogP contribution in [0.3, 0.4) is 0 Å². The third-order valence-electron chi connectivity index (χ3n) is 5.65. The molecular weight excluding hydrogens is 430 g/mol. The molecule has 34 heavy (non-hydrogen) atoms. The minimum Gasteiger partial charge on any atom is -0.508 e. The highest BCUT2D eigenvalue weighted by Crippen LogP contribution is 2.22. The second-order valence-electron chi connectivity index (χ2n) is 8.49. The molecule has 2 aromatic carbocycles. The van der Waals surface area contributed by atoms with E-state index in [1.807, 2.05) is 49.4 Å². The summed E-state index contributed by atoms with van der Waals surface area (Å²) in [5, 5.41) is 35.7. The highest BCUT2D eigenvalue weighted by atomic mass is 16.3. The van der Waals surface area contributed by atoms with Crippen molar-refractivity contribution < 1.29 is 20.1 Å². The second-order valence-corrected chi connectivity index (χ2v) is 8.49. The second kappa shape index (κ2) is 12.8. The van der Waals surface area contributed by atoms with Gasteiger partial charge in [-0.2, -0.15) is 0 Å². The molecular formula is C27H33N3O4. The molecule has 2 unspecified atom stereocenters. The van der Waals surface area contributed by atoms with Crippen LogP contribution in [0.4, 0.5) is 0 Å². The first-order chi connectivity index (χ1) is 16.4. The summed E-state index contributed by atoms with van der Waals surface area (Å²) < 4.78 is 0. The Morgan fingerprint density at radius 3 is 2.65 bits per heavy atom. The van der Waals surface area contributed by atoms with Crippen molar-refractivity contribution in [1.82, 2.24) is 15.6 Å². The largest absolute Gasteiger partial charge is 0.508 e. The van der Waals surface area contributed by atoms with E-state index >= 15 is 0 Å². The Bertz CT molecular complexity index is 1060. The highest BCUT2D eigenvalue weighted by molar-refractivity contribution is 5.78. The molecule has 0 bridgehead atoms. The van der Waals surface area contributed by atoms with E-state index in [9.17, 15) is 20.1 Å². The first-order valence-electron chi connectivity index (χ1n) is 11.5. The molecule has 3 rings (SSSR count). The van der Waals surface area contributed by atoms with Gasteiger partial charge >= 0.3 is 0 Å². The fourth-order valence-electron chi connectivity index (χ4n) is 3.79. The Labute approximate surface area is 200 Å². The Hall–Kier alpha value is -3.26. The molecule has 0 saturated heterocycles. The molecule has 3 aromatic rings. The van der Waals surface area contributed by atoms with Gasteiger partial charge in [0.15, 0.2) is 0 Å². The summed E-state index contributed by atoms with van der Waals surface area (Å²) in [6.07, 6.45) is 2.77. The molecule has 7 heteroatoms. The average molecular weight is 464 g/mol. The number of carbonyl (C=O) groups is 1. The zero-order valence-electron chi connectivity index (χ0n) is 19.4. The van der Waals surface area contributed by atoms with Crippen LogP contribution in [0.25, 0.3) is 0 Å². The van der Waals surface area contributed by atoms with E-state index in [1.54, 1.807) is 18.3 Å². The van der Waals surface area contributed by atoms with Crippen LogP contribution < -0.4 is 10.6 Å². The van der Waals surface area contributed by atoms with Crippen LogP contribution in [0.1, 0.15) is 41.0 Å². The molecule has 2 atom stereocenters. The molecule has 5 N–H and O–H groups in total. The van der Waals surface area contributed by atoms with E-state index in [1.165, 1.54) is 6.07 Å². The number of rotatable bonds is 12. The number of pyridine rings is 1. The number of benzene rings is 2. The van der Waals surface area contributed by atoms with Gasteiger partial charge in [-0.1, -0.05) is 36.4 Å². The van der Waals surface area contributed by atoms with E-state index in [0.717, 1.165) is 23.2 Å². The first kappa shape index (κ1) is 25.4. The number of nitrogens with one attached hydrogen (secondary N) is 2. The smallest absolute Gasteiger partial charge is 0.224 e. The number of aliphatic hydroxyl groups is 2. The monoisotopic (exact) mass is 463 g/mol. The molecule has 1 heterocycles. The van der Waals surface area contributed by atoms with Crippen molar-refractivity contribution in [1.29, 1.82) is 0 Å². The van der Waals surface area contributed by atoms with E-state index in [0.29, 0.717) is 37.1 Å². The fourth-order valence-corrected chi connectivity index (χ4v) is 3.79. The number of aliphatic hydroxyl groups excluding tert-OH is 2. The summed E-state index contributed by atoms with van der Waals surface area (Å²) in [5.41, 5.74) is 4.05. The summed E-state index contributed by atoms with van der Waals surface area (Å²) in [4.78, 5) is 16.6. The van der Waals surface area contributed by atoms with Crippen LogP contribution in [0.5, 0.6) is 5.75 Å². The Morgan fingerprint density at radius 2 is 1.88 bits per heavy atom. The van der Waals surface area contributed by atoms with Gasteiger partial charge in [-0.15, -0.1) is 0 Å². The third kappa shape index (κ3) is 7.95. The number of nitrogens with zero attached hydrogens (tertiary/aromatic N) is 1. The lowest BCUT2D eigenvalue weighted by Gasteiger charge is -2.18. The molecule has 0 spiro atoms. The molecule has 1 aromatic heterocycles. The lowest BCUT2D eigenvalue weighted by Crippen LogP contribution is -2.32. The molecule has 0 radical (unpaired) electrons. The third-order valence-corrected chi connectivity index (χ3v) is 5.65. The molecule has 180 valence electrons. The molecule has 0 fully saturated rings. The first-order valence-corrected chi connectivity index (χ1v) is 11.5. The maximum atomic E-state index is 12.3. The molecule has 7 nitrogen and oxygen atoms in total. The fraction of sp³-hybridized carbons (Fsp3) is 0.333. The van der Waals surface area contributed by atoms with Gasteiger partial charge in [-0.25, -0.2) is 0 Å². The molecule has 0 aliphatic heterocycles. The van der Waals surface area contributed by atoms with Crippen LogP contribution in [0, 0.1) is 0 Å². The van der Waals surface area contributed by atoms with Crippen LogP contribution in [-0.4, -0.2) is 45.3 Å². The van der Waals surface area contributed by atoms with E-state index in [2.05, 4.69) is 15.6 Å². The average Bonchev–Trinajstić information content (AvgIpc) is 2.83. The van der Waals surface area contributed by atoms with Gasteiger partial charge in [0, 0.05) is 43.0 Å². The highest BCUT2D eigenvalue weighted by Gasteiger charge is 2.13. The van der Waals surface area contributed by atoms with Crippen LogP contribution in [0.15, 0.2) is 66.9 Å². The number of aromatic nitrogens is 1. The topological polar surface area (TPSA) is 115 Å². The van der Waals surface area contributed by atoms with Gasteiger partial charge in [-0.3, -0.25) is 9.78 Å². The number of hydrogen-bond acceptors (Lipinski definition) is 6. The van der Waals surface area contributed by atoms with Gasteiger partial charge in [-0.05, 0) is 54.3 Å². The minimum atomic E-state index is -0.755. The SMILES string of the molecule is CC(Cc1cccc(CC(=O)NCCc2ccccn2)c1)NCC(O)c1ccc(O)c(CO)c1. The molecule has 0 saturated carbocycles. The van der Waals surface area contributed by atoms with E-state index in [4.69, 9.17) is 0 Å². The predicted octanol–water partition coefficient (Wildman–Crippen LogP) is 2.44. The van der Waals surface area contributed by atoms with Crippen molar-refractivity contribution in [2.75, 3.05) is 13.1 Å². The lowest BCUT2D eigenvalue weighted by molar-refractivity contribution is -0.120. The molecule has 0 aliphatic rings. The summed E-state index contributed by atoms with van der Waals surface area (Å²) >= 11 is 0. The predicted molar refractivity (Wildman–Crippen MR) is 131 cm³/mol. The quantitative estimate of drug-likeness (QED) is 0.282. The number of aromatic hydroxyl groups is 1. The van der Waals surface area contributed by atoms with Crippen molar-refractivity contribution in [3.8, 4) is 5.75 Å². The molecule has 1 amide bonds. The van der Waals surface area contributed by atoms with Gasteiger partial charge in [0.2, 0.25) is 5.91 Å². The number of amides is 1. The van der Waals surface area contributed by atoms with Crippen molar-refractivity contribution in [3.63, 3.8) is 0 Å². The maximum Gasteiger partial charge on any atom is 0.224 e. The Balaban J connectivity index is 1.44. The van der Waals surface area contributed by atoms with Gasteiger partial charge in [0.1, 0.15) is 5.75 Å². The van der Waals surface area contributed by atoms with E-state index in [-0.39, 0.29) is 24.3 Å².